The highest BCUT2D eigenvalue weighted by Crippen LogP contribution is 2.17. The van der Waals surface area contributed by atoms with Gasteiger partial charge in [-0.05, 0) is 0 Å². The van der Waals surface area contributed by atoms with Gasteiger partial charge in [-0.2, -0.15) is 13.2 Å². The monoisotopic (exact) mass is 269 g/mol. The lowest BCUT2D eigenvalue weighted by Gasteiger charge is -2.26. The first-order valence-corrected chi connectivity index (χ1v) is 5.34. The van der Waals surface area contributed by atoms with Crippen LogP contribution in [0, 0.1) is 5.92 Å². The summed E-state index contributed by atoms with van der Waals surface area (Å²) in [7, 11) is 2.82. The third-order valence-electron chi connectivity index (χ3n) is 2.28. The van der Waals surface area contributed by atoms with Gasteiger partial charge in [-0.1, -0.05) is 6.92 Å². The summed E-state index contributed by atoms with van der Waals surface area (Å²) in [4.78, 5) is 24.7. The van der Waals surface area contributed by atoms with Crippen LogP contribution in [-0.2, 0) is 9.59 Å². The van der Waals surface area contributed by atoms with Crippen LogP contribution < -0.4 is 5.73 Å². The van der Waals surface area contributed by atoms with Gasteiger partial charge in [-0.3, -0.25) is 9.59 Å². The standard InChI is InChI=1S/C10H18F3N3O2/c1-7(4-14)9(18)16(6-10(11,12)13)5-8(17)15(2)3/h7H,4-6,14H2,1-3H3. The van der Waals surface area contributed by atoms with Crippen molar-refractivity contribution in [1.29, 1.82) is 0 Å². The summed E-state index contributed by atoms with van der Waals surface area (Å²) in [6, 6.07) is 0. The van der Waals surface area contributed by atoms with E-state index in [1.807, 2.05) is 0 Å². The Morgan fingerprint density at radius 3 is 2.11 bits per heavy atom. The van der Waals surface area contributed by atoms with E-state index in [0.29, 0.717) is 4.90 Å². The summed E-state index contributed by atoms with van der Waals surface area (Å²) < 4.78 is 37.0. The Kier molecular flexibility index (Phi) is 6.10. The van der Waals surface area contributed by atoms with Crippen molar-refractivity contribution in [2.45, 2.75) is 13.1 Å². The summed E-state index contributed by atoms with van der Waals surface area (Å²) in [5.74, 6) is -2.09. The average molecular weight is 269 g/mol. The summed E-state index contributed by atoms with van der Waals surface area (Å²) >= 11 is 0. The summed E-state index contributed by atoms with van der Waals surface area (Å²) in [6.07, 6.45) is -4.55. The first-order valence-electron chi connectivity index (χ1n) is 5.34. The van der Waals surface area contributed by atoms with Crippen LogP contribution in [0.15, 0.2) is 0 Å². The lowest BCUT2D eigenvalue weighted by atomic mass is 10.1. The SMILES string of the molecule is CC(CN)C(=O)N(CC(=O)N(C)C)CC(F)(F)F. The van der Waals surface area contributed by atoms with E-state index in [0.717, 1.165) is 4.90 Å². The van der Waals surface area contributed by atoms with E-state index in [1.165, 1.54) is 21.0 Å². The van der Waals surface area contributed by atoms with Gasteiger partial charge in [-0.15, -0.1) is 0 Å². The third-order valence-corrected chi connectivity index (χ3v) is 2.28. The quantitative estimate of drug-likeness (QED) is 0.767. The number of carbonyl (C=O) groups excluding carboxylic acids is 2. The van der Waals surface area contributed by atoms with Crippen molar-refractivity contribution in [3.05, 3.63) is 0 Å². The number of carbonyl (C=O) groups is 2. The second-order valence-corrected chi connectivity index (χ2v) is 4.23. The van der Waals surface area contributed by atoms with Gasteiger partial charge in [0.1, 0.15) is 13.1 Å². The molecule has 106 valence electrons. The van der Waals surface area contributed by atoms with Gasteiger partial charge in [0.2, 0.25) is 11.8 Å². The van der Waals surface area contributed by atoms with Crippen molar-refractivity contribution in [3.8, 4) is 0 Å². The predicted octanol–water partition coefficient (Wildman–Crippen LogP) is 0.0603. The molecule has 18 heavy (non-hydrogen) atoms. The number of nitrogens with zero attached hydrogens (tertiary/aromatic N) is 2. The summed E-state index contributed by atoms with van der Waals surface area (Å²) in [5.41, 5.74) is 5.24. The Labute approximate surface area is 104 Å². The third kappa shape index (κ3) is 5.85. The lowest BCUT2D eigenvalue weighted by Crippen LogP contribution is -2.47. The fraction of sp³-hybridized carbons (Fsp3) is 0.800. The molecule has 0 aromatic carbocycles. The zero-order valence-corrected chi connectivity index (χ0v) is 10.6. The van der Waals surface area contributed by atoms with E-state index >= 15 is 0 Å². The Morgan fingerprint density at radius 2 is 1.78 bits per heavy atom. The first kappa shape index (κ1) is 16.7. The largest absolute Gasteiger partial charge is 0.406 e. The highest BCUT2D eigenvalue weighted by molar-refractivity contribution is 5.85. The second kappa shape index (κ2) is 6.58. The van der Waals surface area contributed by atoms with Crippen molar-refractivity contribution < 1.29 is 22.8 Å². The van der Waals surface area contributed by atoms with Crippen LogP contribution >= 0.6 is 0 Å². The van der Waals surface area contributed by atoms with E-state index < -0.39 is 37.0 Å². The van der Waals surface area contributed by atoms with Gasteiger partial charge in [0, 0.05) is 26.6 Å². The van der Waals surface area contributed by atoms with Crippen LogP contribution in [0.5, 0.6) is 0 Å². The van der Waals surface area contributed by atoms with Crippen LogP contribution in [-0.4, -0.2) is 61.5 Å². The molecule has 8 heteroatoms. The molecule has 0 fully saturated rings. The van der Waals surface area contributed by atoms with Gasteiger partial charge in [0.25, 0.3) is 0 Å². The highest BCUT2D eigenvalue weighted by Gasteiger charge is 2.35. The minimum Gasteiger partial charge on any atom is -0.347 e. The second-order valence-electron chi connectivity index (χ2n) is 4.23. The van der Waals surface area contributed by atoms with Crippen LogP contribution in [0.2, 0.25) is 0 Å². The molecule has 0 radical (unpaired) electrons. The summed E-state index contributed by atoms with van der Waals surface area (Å²) in [6.45, 7) is -0.694. The minimum absolute atomic E-state index is 0.0661. The molecule has 2 amide bonds. The van der Waals surface area contributed by atoms with Gasteiger partial charge in [0.15, 0.2) is 0 Å². The fourth-order valence-corrected chi connectivity index (χ4v) is 1.15. The van der Waals surface area contributed by atoms with E-state index in [-0.39, 0.29) is 6.54 Å². The molecule has 1 atom stereocenters. The molecule has 0 aliphatic rings. The zero-order valence-electron chi connectivity index (χ0n) is 10.6. The summed E-state index contributed by atoms with van der Waals surface area (Å²) in [5, 5.41) is 0. The molecule has 2 N–H and O–H groups in total. The number of rotatable bonds is 5. The van der Waals surface area contributed by atoms with Crippen molar-refractivity contribution in [3.63, 3.8) is 0 Å². The number of amides is 2. The molecule has 0 aromatic heterocycles. The van der Waals surface area contributed by atoms with Gasteiger partial charge in [0.05, 0.1) is 0 Å². The average Bonchev–Trinajstić information content (AvgIpc) is 2.23. The number of alkyl halides is 3. The smallest absolute Gasteiger partial charge is 0.347 e. The van der Waals surface area contributed by atoms with Crippen molar-refractivity contribution in [2.75, 3.05) is 33.7 Å². The number of hydrogen-bond donors (Lipinski definition) is 1. The highest BCUT2D eigenvalue weighted by atomic mass is 19.4. The molecular formula is C10H18F3N3O2. The van der Waals surface area contributed by atoms with Crippen LogP contribution in [0.4, 0.5) is 13.2 Å². The molecule has 0 spiro atoms. The molecule has 0 aromatic rings. The molecule has 0 heterocycles. The molecule has 0 bridgehead atoms. The Balaban J connectivity index is 4.83. The normalized spacial score (nSPS) is 13.1. The molecule has 5 nitrogen and oxygen atoms in total. The molecule has 0 saturated carbocycles. The Bertz CT molecular complexity index is 305. The molecule has 0 aliphatic carbocycles. The Morgan fingerprint density at radius 1 is 1.28 bits per heavy atom. The maximum atomic E-state index is 12.3. The zero-order chi connectivity index (χ0) is 14.5. The molecular weight excluding hydrogens is 251 g/mol. The number of nitrogens with two attached hydrogens (primary N) is 1. The maximum absolute atomic E-state index is 12.3. The van der Waals surface area contributed by atoms with Gasteiger partial charge < -0.3 is 15.5 Å². The van der Waals surface area contributed by atoms with E-state index in [9.17, 15) is 22.8 Å². The molecule has 0 saturated heterocycles. The number of halogens is 3. The lowest BCUT2D eigenvalue weighted by molar-refractivity contribution is -0.165. The first-order chi connectivity index (χ1) is 8.08. The van der Waals surface area contributed by atoms with Crippen LogP contribution in [0.3, 0.4) is 0 Å². The number of likely N-dealkylation sites (N-methyl/N-ethyl adjacent to an activating group) is 1. The van der Waals surface area contributed by atoms with E-state index in [2.05, 4.69) is 0 Å². The van der Waals surface area contributed by atoms with Crippen LogP contribution in [0.25, 0.3) is 0 Å². The molecule has 1 unspecified atom stereocenters. The fourth-order valence-electron chi connectivity index (χ4n) is 1.15. The van der Waals surface area contributed by atoms with Crippen molar-refractivity contribution in [1.82, 2.24) is 9.80 Å². The minimum atomic E-state index is -4.55. The van der Waals surface area contributed by atoms with E-state index in [1.54, 1.807) is 0 Å². The predicted molar refractivity (Wildman–Crippen MR) is 59.5 cm³/mol. The maximum Gasteiger partial charge on any atom is 0.406 e. The molecule has 0 aliphatic heterocycles. The van der Waals surface area contributed by atoms with E-state index in [4.69, 9.17) is 5.73 Å². The van der Waals surface area contributed by atoms with Gasteiger partial charge in [-0.25, -0.2) is 0 Å². The van der Waals surface area contributed by atoms with Gasteiger partial charge >= 0.3 is 6.18 Å². The van der Waals surface area contributed by atoms with Crippen LogP contribution in [0.1, 0.15) is 6.92 Å². The molecule has 0 rings (SSSR count). The topological polar surface area (TPSA) is 66.6 Å². The Hall–Kier alpha value is -1.31. The van der Waals surface area contributed by atoms with Crippen molar-refractivity contribution >= 4 is 11.8 Å². The van der Waals surface area contributed by atoms with Crippen molar-refractivity contribution in [2.24, 2.45) is 11.7 Å². The number of hydrogen-bond acceptors (Lipinski definition) is 3.